The summed E-state index contributed by atoms with van der Waals surface area (Å²) in [6.07, 6.45) is 3.25. The molecule has 0 spiro atoms. The van der Waals surface area contributed by atoms with E-state index in [1.54, 1.807) is 0 Å². The Bertz CT molecular complexity index is 796. The Balaban J connectivity index is 1.88. The average molecular weight is 280 g/mol. The lowest BCUT2D eigenvalue weighted by Crippen LogP contribution is -2.30. The van der Waals surface area contributed by atoms with Crippen LogP contribution < -0.4 is 5.32 Å². The molecule has 4 heteroatoms. The number of hydrogen-bond donors (Lipinski definition) is 2. The van der Waals surface area contributed by atoms with Crippen LogP contribution in [-0.2, 0) is 13.0 Å². The summed E-state index contributed by atoms with van der Waals surface area (Å²) in [6, 6.07) is 8.81. The molecule has 0 bridgehead atoms. The number of aromatic amines is 1. The van der Waals surface area contributed by atoms with Gasteiger partial charge in [-0.15, -0.1) is 0 Å². The Morgan fingerprint density at radius 2 is 2.19 bits per heavy atom. The number of H-pyrrole nitrogens is 1. The number of hydrogen-bond acceptors (Lipinski definition) is 2. The topological polar surface area (TPSA) is 45.6 Å². The molecule has 21 heavy (non-hydrogen) atoms. The molecule has 0 aliphatic carbocycles. The van der Waals surface area contributed by atoms with E-state index in [-0.39, 0.29) is 6.04 Å². The van der Waals surface area contributed by atoms with Gasteiger partial charge in [-0.3, -0.25) is 4.68 Å². The van der Waals surface area contributed by atoms with Gasteiger partial charge in [0, 0.05) is 41.4 Å². The van der Waals surface area contributed by atoms with Gasteiger partial charge in [0.15, 0.2) is 0 Å². The SMILES string of the molecule is CCn1cc([C@H]2NCCc3c2[nH]c2ccccc32)c(C)n1. The summed E-state index contributed by atoms with van der Waals surface area (Å²) in [5.74, 6) is 0. The highest BCUT2D eigenvalue weighted by atomic mass is 15.3. The third-order valence-corrected chi connectivity index (χ3v) is 4.48. The van der Waals surface area contributed by atoms with E-state index in [4.69, 9.17) is 0 Å². The van der Waals surface area contributed by atoms with Crippen LogP contribution in [0.25, 0.3) is 10.9 Å². The molecule has 1 aliphatic heterocycles. The second-order valence-electron chi connectivity index (χ2n) is 5.73. The lowest BCUT2D eigenvalue weighted by molar-refractivity contribution is 0.557. The van der Waals surface area contributed by atoms with E-state index < -0.39 is 0 Å². The summed E-state index contributed by atoms with van der Waals surface area (Å²) < 4.78 is 2.02. The van der Waals surface area contributed by atoms with Crippen molar-refractivity contribution < 1.29 is 0 Å². The van der Waals surface area contributed by atoms with Gasteiger partial charge in [-0.1, -0.05) is 18.2 Å². The number of para-hydroxylation sites is 1. The molecule has 0 unspecified atom stereocenters. The predicted molar refractivity (Wildman–Crippen MR) is 84.5 cm³/mol. The molecule has 0 saturated carbocycles. The third-order valence-electron chi connectivity index (χ3n) is 4.48. The molecule has 0 amide bonds. The molecule has 0 saturated heterocycles. The summed E-state index contributed by atoms with van der Waals surface area (Å²) >= 11 is 0. The molecule has 3 aromatic rings. The summed E-state index contributed by atoms with van der Waals surface area (Å²) in [7, 11) is 0. The lowest BCUT2D eigenvalue weighted by Gasteiger charge is -2.24. The van der Waals surface area contributed by atoms with Crippen LogP contribution in [0.2, 0.25) is 0 Å². The van der Waals surface area contributed by atoms with E-state index in [1.807, 2.05) is 4.68 Å². The van der Waals surface area contributed by atoms with E-state index in [0.717, 1.165) is 25.2 Å². The first-order valence-corrected chi connectivity index (χ1v) is 7.64. The zero-order valence-electron chi connectivity index (χ0n) is 12.5. The zero-order valence-corrected chi connectivity index (χ0v) is 12.5. The van der Waals surface area contributed by atoms with Crippen LogP contribution in [0.3, 0.4) is 0 Å². The Kier molecular flexibility index (Phi) is 2.86. The fourth-order valence-electron chi connectivity index (χ4n) is 3.42. The molecule has 108 valence electrons. The monoisotopic (exact) mass is 280 g/mol. The predicted octanol–water partition coefficient (Wildman–Crippen LogP) is 2.93. The maximum absolute atomic E-state index is 4.59. The molecule has 0 radical (unpaired) electrons. The highest BCUT2D eigenvalue weighted by molar-refractivity contribution is 5.85. The largest absolute Gasteiger partial charge is 0.357 e. The Labute approximate surface area is 124 Å². The molecular formula is C17H20N4. The minimum atomic E-state index is 0.224. The van der Waals surface area contributed by atoms with Gasteiger partial charge in [0.25, 0.3) is 0 Å². The van der Waals surface area contributed by atoms with Crippen molar-refractivity contribution in [3.63, 3.8) is 0 Å². The number of aryl methyl sites for hydroxylation is 2. The molecule has 4 nitrogen and oxygen atoms in total. The fraction of sp³-hybridized carbons (Fsp3) is 0.353. The smallest absolute Gasteiger partial charge is 0.0765 e. The molecule has 2 aromatic heterocycles. The summed E-state index contributed by atoms with van der Waals surface area (Å²) in [5.41, 5.74) is 6.39. The van der Waals surface area contributed by atoms with Crippen molar-refractivity contribution >= 4 is 10.9 Å². The van der Waals surface area contributed by atoms with Crippen molar-refractivity contribution in [1.82, 2.24) is 20.1 Å². The Hall–Kier alpha value is -2.07. The van der Waals surface area contributed by atoms with Crippen LogP contribution in [0.5, 0.6) is 0 Å². The normalized spacial score (nSPS) is 18.1. The van der Waals surface area contributed by atoms with E-state index in [1.165, 1.54) is 27.7 Å². The van der Waals surface area contributed by atoms with Gasteiger partial charge in [-0.25, -0.2) is 0 Å². The molecule has 1 aromatic carbocycles. The van der Waals surface area contributed by atoms with Crippen LogP contribution in [0.1, 0.15) is 35.5 Å². The highest BCUT2D eigenvalue weighted by Crippen LogP contribution is 2.34. The minimum absolute atomic E-state index is 0.224. The van der Waals surface area contributed by atoms with Crippen molar-refractivity contribution in [3.05, 3.63) is 53.0 Å². The van der Waals surface area contributed by atoms with E-state index in [2.05, 4.69) is 59.7 Å². The van der Waals surface area contributed by atoms with Gasteiger partial charge in [0.2, 0.25) is 0 Å². The maximum atomic E-state index is 4.59. The first-order valence-electron chi connectivity index (χ1n) is 7.64. The minimum Gasteiger partial charge on any atom is -0.357 e. The van der Waals surface area contributed by atoms with Gasteiger partial charge in [0.1, 0.15) is 0 Å². The van der Waals surface area contributed by atoms with Gasteiger partial charge in [-0.05, 0) is 31.9 Å². The maximum Gasteiger partial charge on any atom is 0.0765 e. The number of fused-ring (bicyclic) bond motifs is 3. The first-order chi connectivity index (χ1) is 10.3. The molecule has 2 N–H and O–H groups in total. The van der Waals surface area contributed by atoms with Gasteiger partial charge in [0.05, 0.1) is 11.7 Å². The number of benzene rings is 1. The second kappa shape index (κ2) is 4.74. The summed E-state index contributed by atoms with van der Waals surface area (Å²) in [4.78, 5) is 3.62. The fourth-order valence-corrected chi connectivity index (χ4v) is 3.42. The van der Waals surface area contributed by atoms with E-state index in [9.17, 15) is 0 Å². The molecule has 1 aliphatic rings. The van der Waals surface area contributed by atoms with Crippen LogP contribution in [0, 0.1) is 6.92 Å². The first kappa shape index (κ1) is 12.7. The van der Waals surface area contributed by atoms with Gasteiger partial charge < -0.3 is 10.3 Å². The number of nitrogens with one attached hydrogen (secondary N) is 2. The standard InChI is InChI=1S/C17H20N4/c1-3-21-10-14(11(2)20-21)16-17-13(8-9-18-16)12-6-4-5-7-15(12)19-17/h4-7,10,16,18-19H,3,8-9H2,1-2H3/t16-/m1/s1. The van der Waals surface area contributed by atoms with Crippen molar-refractivity contribution in [2.45, 2.75) is 32.9 Å². The van der Waals surface area contributed by atoms with Crippen molar-refractivity contribution in [3.8, 4) is 0 Å². The highest BCUT2D eigenvalue weighted by Gasteiger charge is 2.27. The van der Waals surface area contributed by atoms with E-state index in [0.29, 0.717) is 0 Å². The zero-order chi connectivity index (χ0) is 14.4. The van der Waals surface area contributed by atoms with Crippen LogP contribution in [0.4, 0.5) is 0 Å². The van der Waals surface area contributed by atoms with E-state index >= 15 is 0 Å². The Morgan fingerprint density at radius 1 is 1.33 bits per heavy atom. The van der Waals surface area contributed by atoms with Crippen molar-refractivity contribution in [2.75, 3.05) is 6.54 Å². The lowest BCUT2D eigenvalue weighted by atomic mass is 9.95. The van der Waals surface area contributed by atoms with Crippen LogP contribution >= 0.6 is 0 Å². The number of rotatable bonds is 2. The Morgan fingerprint density at radius 3 is 3.00 bits per heavy atom. The molecule has 1 atom stereocenters. The number of aromatic nitrogens is 3. The van der Waals surface area contributed by atoms with Crippen LogP contribution in [0.15, 0.2) is 30.5 Å². The molecular weight excluding hydrogens is 260 g/mol. The van der Waals surface area contributed by atoms with Crippen molar-refractivity contribution in [2.24, 2.45) is 0 Å². The molecule has 4 rings (SSSR count). The van der Waals surface area contributed by atoms with Crippen LogP contribution in [-0.4, -0.2) is 21.3 Å². The molecule has 0 fully saturated rings. The molecule has 3 heterocycles. The van der Waals surface area contributed by atoms with Crippen molar-refractivity contribution in [1.29, 1.82) is 0 Å². The van der Waals surface area contributed by atoms with Gasteiger partial charge in [-0.2, -0.15) is 5.10 Å². The second-order valence-corrected chi connectivity index (χ2v) is 5.73. The third kappa shape index (κ3) is 1.90. The quantitative estimate of drug-likeness (QED) is 0.758. The summed E-state index contributed by atoms with van der Waals surface area (Å²) in [6.45, 7) is 6.14. The van der Waals surface area contributed by atoms with Gasteiger partial charge >= 0.3 is 0 Å². The number of nitrogens with zero attached hydrogens (tertiary/aromatic N) is 2. The average Bonchev–Trinajstić information content (AvgIpc) is 3.07. The summed E-state index contributed by atoms with van der Waals surface area (Å²) in [5, 5.41) is 9.60.